The van der Waals surface area contributed by atoms with E-state index in [1.165, 1.54) is 26.1 Å². The number of esters is 1. The average molecular weight is 480 g/mol. The van der Waals surface area contributed by atoms with E-state index in [-0.39, 0.29) is 31.4 Å². The van der Waals surface area contributed by atoms with Gasteiger partial charge in [0, 0.05) is 24.5 Å². The Kier molecular flexibility index (Phi) is 3.85. The van der Waals surface area contributed by atoms with Crippen LogP contribution in [0.15, 0.2) is 18.3 Å². The predicted octanol–water partition coefficient (Wildman–Crippen LogP) is -0.434. The number of aromatic nitrogens is 1. The fraction of sp³-hybridized carbons (Fsp3) is 0.792. The molecule has 34 heavy (non-hydrogen) atoms. The first-order chi connectivity index (χ1) is 15.6. The van der Waals surface area contributed by atoms with Crippen LogP contribution in [0.5, 0.6) is 0 Å². The van der Waals surface area contributed by atoms with Gasteiger partial charge < -0.3 is 45.1 Å². The smallest absolute Gasteiger partial charge is 0.355 e. The van der Waals surface area contributed by atoms with Crippen LogP contribution in [0.25, 0.3) is 0 Å². The van der Waals surface area contributed by atoms with Crippen LogP contribution in [-0.4, -0.2) is 87.6 Å². The Morgan fingerprint density at radius 1 is 1.21 bits per heavy atom. The zero-order valence-electron chi connectivity index (χ0n) is 19.7. The molecule has 10 nitrogen and oxygen atoms in total. The van der Waals surface area contributed by atoms with Gasteiger partial charge in [-0.3, -0.25) is 0 Å². The molecule has 0 amide bonds. The summed E-state index contributed by atoms with van der Waals surface area (Å²) >= 11 is 0. The summed E-state index contributed by atoms with van der Waals surface area (Å²) in [6.07, 6.45) is -1.57. The highest BCUT2D eigenvalue weighted by atomic mass is 16.7. The van der Waals surface area contributed by atoms with Crippen LogP contribution in [-0.2, 0) is 9.47 Å². The second kappa shape index (κ2) is 5.72. The van der Waals surface area contributed by atoms with Crippen molar-refractivity contribution in [3.05, 3.63) is 24.0 Å². The van der Waals surface area contributed by atoms with Crippen molar-refractivity contribution in [3.8, 4) is 0 Å². The summed E-state index contributed by atoms with van der Waals surface area (Å²) in [5.74, 6) is -3.77. The van der Waals surface area contributed by atoms with Gasteiger partial charge in [-0.25, -0.2) is 4.79 Å². The zero-order valence-corrected chi connectivity index (χ0v) is 19.7. The highest BCUT2D eigenvalue weighted by Crippen LogP contribution is 2.90. The minimum atomic E-state index is -2.47. The summed E-state index contributed by atoms with van der Waals surface area (Å²) in [7, 11) is 0. The maximum atomic E-state index is 13.1. The van der Waals surface area contributed by atoms with E-state index in [9.17, 15) is 35.4 Å². The highest BCUT2D eigenvalue weighted by Gasteiger charge is 3.09. The van der Waals surface area contributed by atoms with Crippen molar-refractivity contribution in [1.29, 1.82) is 0 Å². The van der Waals surface area contributed by atoms with Gasteiger partial charge in [0.2, 0.25) is 0 Å². The predicted molar refractivity (Wildman–Crippen MR) is 114 cm³/mol. The molecule has 0 aromatic carbocycles. The monoisotopic (exact) mass is 479 g/mol. The molecular formula is C24H33NO9. The number of carbonyl (C=O) groups excluding carboxylic acids is 1. The van der Waals surface area contributed by atoms with Gasteiger partial charge in [0.05, 0.1) is 11.5 Å². The molecule has 7 N–H and O–H groups in total. The Hall–Kier alpha value is -1.53. The second-order valence-electron chi connectivity index (χ2n) is 11.9. The highest BCUT2D eigenvalue weighted by molar-refractivity contribution is 5.87. The van der Waals surface area contributed by atoms with Crippen LogP contribution >= 0.6 is 0 Å². The van der Waals surface area contributed by atoms with E-state index in [1.54, 1.807) is 19.9 Å². The number of aliphatic hydroxyl groups excluding tert-OH is 1. The van der Waals surface area contributed by atoms with Gasteiger partial charge in [-0.05, 0) is 37.8 Å². The minimum absolute atomic E-state index is 0.0150. The summed E-state index contributed by atoms with van der Waals surface area (Å²) in [5.41, 5.74) is -14.5. The molecule has 3 heterocycles. The SMILES string of the molecule is CC(C)[C@@]1(O)[C@@H](OC(=O)c2ccc[nH]2)[C@@]2(O)[C@@]3(C)C[C@]4(O)O[C@@]5(C[C@@H](O)CC[C@]35O)[C@@]2(O)[C@@]14C. The molecule has 4 aliphatic carbocycles. The summed E-state index contributed by atoms with van der Waals surface area (Å²) in [5, 5.41) is 72.5. The molecule has 188 valence electrons. The maximum Gasteiger partial charge on any atom is 0.355 e. The number of aromatic amines is 1. The van der Waals surface area contributed by atoms with Gasteiger partial charge in [0.25, 0.3) is 0 Å². The Balaban J connectivity index is 1.67. The van der Waals surface area contributed by atoms with Gasteiger partial charge in [0.1, 0.15) is 33.7 Å². The van der Waals surface area contributed by atoms with Crippen molar-refractivity contribution in [1.82, 2.24) is 4.98 Å². The van der Waals surface area contributed by atoms with Crippen LogP contribution in [0.4, 0.5) is 0 Å². The molecule has 7 rings (SSSR count). The number of hydrogen-bond donors (Lipinski definition) is 7. The standard InChI is InChI=1S/C24H33NO9/c1-12(2)22(30)16(33-15(27)14-6-5-9-25-14)23(31)17(3)11-21(29)18(22,4)24(23,32)20(34-21)10-13(26)7-8-19(17,20)28/h5-6,9,12-13,16,25-26,28-32H,7-8,10-11H2,1-4H3/t13-,16+,17-,18+,19-,20+,21-,22+,23+,24-/m0/s1. The molecular weight excluding hydrogens is 446 g/mol. The molecule has 1 aromatic rings. The fourth-order valence-corrected chi connectivity index (χ4v) is 9.35. The van der Waals surface area contributed by atoms with Crippen molar-refractivity contribution in [2.45, 2.75) is 99.4 Å². The molecule has 0 radical (unpaired) electrons. The molecule has 10 atom stereocenters. The maximum absolute atomic E-state index is 13.1. The first-order valence-corrected chi connectivity index (χ1v) is 11.9. The average Bonchev–Trinajstić information content (AvgIpc) is 3.37. The number of aliphatic hydroxyl groups is 6. The number of nitrogens with one attached hydrogen (secondary N) is 1. The largest absolute Gasteiger partial charge is 0.451 e. The van der Waals surface area contributed by atoms with Crippen LogP contribution in [0, 0.1) is 16.7 Å². The Bertz CT molecular complexity index is 1090. The van der Waals surface area contributed by atoms with Gasteiger partial charge in [-0.1, -0.05) is 20.8 Å². The topological polar surface area (TPSA) is 173 Å². The molecule has 0 unspecified atom stereocenters. The van der Waals surface area contributed by atoms with Crippen LogP contribution in [0.1, 0.15) is 63.9 Å². The first-order valence-electron chi connectivity index (χ1n) is 11.9. The third kappa shape index (κ3) is 1.65. The van der Waals surface area contributed by atoms with Crippen molar-refractivity contribution < 1.29 is 44.9 Å². The number of hydrogen-bond acceptors (Lipinski definition) is 9. The third-order valence-corrected chi connectivity index (χ3v) is 10.9. The van der Waals surface area contributed by atoms with E-state index < -0.39 is 68.7 Å². The second-order valence-corrected chi connectivity index (χ2v) is 11.9. The van der Waals surface area contributed by atoms with Crippen molar-refractivity contribution in [2.24, 2.45) is 16.7 Å². The van der Waals surface area contributed by atoms with Crippen LogP contribution < -0.4 is 0 Å². The summed E-state index contributed by atoms with van der Waals surface area (Å²) in [6.45, 7) is 6.24. The van der Waals surface area contributed by atoms with Crippen LogP contribution in [0.2, 0.25) is 0 Å². The lowest BCUT2D eigenvalue weighted by Crippen LogP contribution is -2.73. The molecule has 1 spiro atoms. The fourth-order valence-electron chi connectivity index (χ4n) is 9.35. The molecule has 6 bridgehead atoms. The van der Waals surface area contributed by atoms with E-state index >= 15 is 0 Å². The van der Waals surface area contributed by atoms with E-state index in [1.807, 2.05) is 0 Å². The van der Waals surface area contributed by atoms with E-state index in [2.05, 4.69) is 4.98 Å². The molecule has 2 saturated heterocycles. The lowest BCUT2D eigenvalue weighted by atomic mass is 9.52. The van der Waals surface area contributed by atoms with Crippen LogP contribution in [0.3, 0.4) is 0 Å². The number of carbonyl (C=O) groups is 1. The number of rotatable bonds is 3. The van der Waals surface area contributed by atoms with Gasteiger partial charge in [-0.2, -0.15) is 0 Å². The molecule has 6 aliphatic rings. The number of H-pyrrole nitrogens is 1. The molecule has 10 heteroatoms. The van der Waals surface area contributed by atoms with E-state index in [4.69, 9.17) is 9.47 Å². The summed E-state index contributed by atoms with van der Waals surface area (Å²) in [4.78, 5) is 15.8. The molecule has 6 fully saturated rings. The van der Waals surface area contributed by atoms with E-state index in [0.717, 1.165) is 0 Å². The Morgan fingerprint density at radius 3 is 2.47 bits per heavy atom. The molecule has 4 saturated carbocycles. The Morgan fingerprint density at radius 2 is 1.88 bits per heavy atom. The quantitative estimate of drug-likeness (QED) is 0.284. The van der Waals surface area contributed by atoms with Gasteiger partial charge in [-0.15, -0.1) is 0 Å². The van der Waals surface area contributed by atoms with Gasteiger partial charge >= 0.3 is 5.97 Å². The Labute approximate surface area is 196 Å². The van der Waals surface area contributed by atoms with Gasteiger partial charge in [0.15, 0.2) is 11.9 Å². The lowest BCUT2D eigenvalue weighted by molar-refractivity contribution is -0.379. The van der Waals surface area contributed by atoms with Crippen molar-refractivity contribution in [3.63, 3.8) is 0 Å². The molecule has 2 aliphatic heterocycles. The normalized spacial score (nSPS) is 59.0. The minimum Gasteiger partial charge on any atom is -0.451 e. The summed E-state index contributed by atoms with van der Waals surface area (Å²) in [6, 6.07) is 3.07. The first kappa shape index (κ1) is 22.9. The van der Waals surface area contributed by atoms with E-state index in [0.29, 0.717) is 0 Å². The summed E-state index contributed by atoms with van der Waals surface area (Å²) < 4.78 is 12.0. The number of ether oxygens (including phenoxy) is 2. The molecule has 1 aromatic heterocycles. The third-order valence-electron chi connectivity index (χ3n) is 10.9. The lowest BCUT2D eigenvalue weighted by Gasteiger charge is -2.59. The zero-order chi connectivity index (χ0) is 25.0. The van der Waals surface area contributed by atoms with Crippen molar-refractivity contribution in [2.75, 3.05) is 0 Å². The van der Waals surface area contributed by atoms with Crippen molar-refractivity contribution >= 4 is 5.97 Å².